The first-order chi connectivity index (χ1) is 19.6. The van der Waals surface area contributed by atoms with E-state index in [9.17, 15) is 14.4 Å². The Kier molecular flexibility index (Phi) is 12.7. The number of nitrogens with zero attached hydrogens (tertiary/aromatic N) is 1. The molecule has 1 saturated carbocycles. The summed E-state index contributed by atoms with van der Waals surface area (Å²) in [5.41, 5.74) is -0.101. The van der Waals surface area contributed by atoms with E-state index in [4.69, 9.17) is 23.7 Å². The maximum Gasteiger partial charge on any atom is 0.331 e. The molecule has 1 amide bonds. The van der Waals surface area contributed by atoms with Crippen LogP contribution in [0.1, 0.15) is 90.6 Å². The van der Waals surface area contributed by atoms with Crippen molar-refractivity contribution in [2.45, 2.75) is 92.2 Å². The fourth-order valence-electron chi connectivity index (χ4n) is 5.82. The molecular formula is C31H48N2O8. The lowest BCUT2D eigenvalue weighted by Gasteiger charge is -2.35. The molecule has 0 aromatic carbocycles. The van der Waals surface area contributed by atoms with Crippen molar-refractivity contribution in [2.75, 3.05) is 26.6 Å². The van der Waals surface area contributed by atoms with Crippen LogP contribution in [0.4, 0.5) is 0 Å². The van der Waals surface area contributed by atoms with E-state index in [2.05, 4.69) is 24.1 Å². The molecule has 3 rings (SSSR count). The Hall–Kier alpha value is -2.88. The molecule has 1 N–H and O–H groups in total. The number of nitrogens with one attached hydrogen (secondary N) is 1. The van der Waals surface area contributed by atoms with Crippen LogP contribution in [0.2, 0.25) is 0 Å². The van der Waals surface area contributed by atoms with E-state index in [1.54, 1.807) is 26.8 Å². The van der Waals surface area contributed by atoms with Crippen molar-refractivity contribution in [1.82, 2.24) is 10.3 Å². The highest BCUT2D eigenvalue weighted by Gasteiger charge is 2.40. The molecule has 2 aliphatic rings. The first kappa shape index (κ1) is 32.6. The summed E-state index contributed by atoms with van der Waals surface area (Å²) in [7, 11) is 0. The van der Waals surface area contributed by atoms with Gasteiger partial charge in [-0.2, -0.15) is 0 Å². The highest BCUT2D eigenvalue weighted by molar-refractivity contribution is 5.98. The Bertz CT molecular complexity index is 1010. The van der Waals surface area contributed by atoms with E-state index in [1.807, 2.05) is 6.92 Å². The molecule has 0 bridgehead atoms. The Labute approximate surface area is 244 Å². The molecule has 0 radical (unpaired) electrons. The Morgan fingerprint density at radius 3 is 2.51 bits per heavy atom. The Balaban J connectivity index is 1.77. The molecule has 4 atom stereocenters. The van der Waals surface area contributed by atoms with Crippen LogP contribution in [-0.4, -0.2) is 61.6 Å². The summed E-state index contributed by atoms with van der Waals surface area (Å²) in [5.74, 6) is -0.126. The number of ether oxygens (including phenoxy) is 5. The maximum absolute atomic E-state index is 13.4. The number of aromatic nitrogens is 1. The fourth-order valence-corrected chi connectivity index (χ4v) is 5.82. The number of hydrogen-bond donors (Lipinski definition) is 1. The molecule has 1 saturated heterocycles. The van der Waals surface area contributed by atoms with Crippen molar-refractivity contribution in [2.24, 2.45) is 29.6 Å². The van der Waals surface area contributed by atoms with Gasteiger partial charge in [-0.15, -0.1) is 0 Å². The summed E-state index contributed by atoms with van der Waals surface area (Å²) < 4.78 is 28.5. The summed E-state index contributed by atoms with van der Waals surface area (Å²) in [6.45, 7) is 12.0. The lowest BCUT2D eigenvalue weighted by Crippen LogP contribution is -2.46. The molecule has 1 aromatic rings. The van der Waals surface area contributed by atoms with Crippen LogP contribution in [0.15, 0.2) is 12.3 Å². The van der Waals surface area contributed by atoms with E-state index in [1.165, 1.54) is 19.0 Å². The lowest BCUT2D eigenvalue weighted by molar-refractivity contribution is -0.155. The molecule has 0 unspecified atom stereocenters. The van der Waals surface area contributed by atoms with E-state index in [0.29, 0.717) is 25.0 Å². The Morgan fingerprint density at radius 1 is 1.12 bits per heavy atom. The van der Waals surface area contributed by atoms with Gasteiger partial charge < -0.3 is 29.0 Å². The monoisotopic (exact) mass is 576 g/mol. The summed E-state index contributed by atoms with van der Waals surface area (Å²) in [5, 5.41) is 2.73. The zero-order valence-corrected chi connectivity index (χ0v) is 25.5. The van der Waals surface area contributed by atoms with Gasteiger partial charge >= 0.3 is 11.9 Å². The van der Waals surface area contributed by atoms with Crippen LogP contribution >= 0.6 is 0 Å². The summed E-state index contributed by atoms with van der Waals surface area (Å²) in [6, 6.07) is 0.529. The largest absolute Gasteiger partial charge is 0.490 e. The predicted molar refractivity (Wildman–Crippen MR) is 152 cm³/mol. The number of cyclic esters (lactones) is 1. The molecule has 10 heteroatoms. The number of hydrogen-bond acceptors (Lipinski definition) is 9. The first-order valence-electron chi connectivity index (χ1n) is 15.1. The predicted octanol–water partition coefficient (Wildman–Crippen LogP) is 4.93. The van der Waals surface area contributed by atoms with E-state index in [0.717, 1.165) is 25.7 Å². The number of carbonyl (C=O) groups is 3. The number of amides is 1. The molecule has 2 heterocycles. The third-order valence-electron chi connectivity index (χ3n) is 7.91. The van der Waals surface area contributed by atoms with Crippen molar-refractivity contribution in [3.63, 3.8) is 0 Å². The molecule has 230 valence electrons. The zero-order valence-electron chi connectivity index (χ0n) is 25.5. The van der Waals surface area contributed by atoms with Gasteiger partial charge in [0, 0.05) is 24.8 Å². The van der Waals surface area contributed by atoms with Gasteiger partial charge in [0.1, 0.15) is 6.10 Å². The summed E-state index contributed by atoms with van der Waals surface area (Å²) >= 11 is 0. The van der Waals surface area contributed by atoms with Gasteiger partial charge in [-0.25, -0.2) is 9.78 Å². The molecule has 2 fully saturated rings. The number of rotatable bonds is 12. The molecular weight excluding hydrogens is 528 g/mol. The number of esters is 2. The van der Waals surface area contributed by atoms with Gasteiger partial charge in [0.15, 0.2) is 23.2 Å². The summed E-state index contributed by atoms with van der Waals surface area (Å²) in [4.78, 5) is 42.9. The van der Waals surface area contributed by atoms with Gasteiger partial charge in [0.25, 0.3) is 5.91 Å². The van der Waals surface area contributed by atoms with Crippen LogP contribution in [0.3, 0.4) is 0 Å². The van der Waals surface area contributed by atoms with E-state index < -0.39 is 30.7 Å². The second kappa shape index (κ2) is 15.9. The topological polar surface area (TPSA) is 122 Å². The fraction of sp³-hybridized carbons (Fsp3) is 0.742. The molecule has 1 aromatic heterocycles. The van der Waals surface area contributed by atoms with Crippen LogP contribution in [0, 0.1) is 29.6 Å². The van der Waals surface area contributed by atoms with Crippen molar-refractivity contribution < 1.29 is 38.1 Å². The highest BCUT2D eigenvalue weighted by Crippen LogP contribution is 2.41. The lowest BCUT2D eigenvalue weighted by atomic mass is 9.75. The van der Waals surface area contributed by atoms with Crippen LogP contribution in [-0.2, 0) is 23.8 Å². The van der Waals surface area contributed by atoms with Crippen molar-refractivity contribution in [1.29, 1.82) is 0 Å². The van der Waals surface area contributed by atoms with Crippen molar-refractivity contribution >= 4 is 17.8 Å². The number of carbonyl (C=O) groups excluding carboxylic acids is 3. The van der Waals surface area contributed by atoms with Crippen molar-refractivity contribution in [3.8, 4) is 11.5 Å². The van der Waals surface area contributed by atoms with Gasteiger partial charge in [0.05, 0.1) is 19.1 Å². The maximum atomic E-state index is 13.4. The van der Waals surface area contributed by atoms with E-state index >= 15 is 0 Å². The molecule has 10 nitrogen and oxygen atoms in total. The average molecular weight is 577 g/mol. The van der Waals surface area contributed by atoms with E-state index in [-0.39, 0.29) is 47.7 Å². The van der Waals surface area contributed by atoms with Crippen LogP contribution in [0.25, 0.3) is 0 Å². The third kappa shape index (κ3) is 9.31. The van der Waals surface area contributed by atoms with Crippen molar-refractivity contribution in [3.05, 3.63) is 18.0 Å². The first-order valence-corrected chi connectivity index (χ1v) is 15.1. The smallest absolute Gasteiger partial charge is 0.331 e. The minimum atomic E-state index is -1.03. The molecule has 41 heavy (non-hydrogen) atoms. The van der Waals surface area contributed by atoms with Crippen LogP contribution < -0.4 is 14.8 Å². The second-order valence-corrected chi connectivity index (χ2v) is 11.9. The molecule has 0 spiro atoms. The SMILES string of the molecule is CCOc1ccnc(C(=O)N[C@H]2COC[C@H](CCC(C)C)[C@@H](C3CCCC3)[C@H](C)OC2=O)c1OCOC(=O)C(C)C. The normalized spacial score (nSPS) is 23.9. The van der Waals surface area contributed by atoms with Gasteiger partial charge in [-0.05, 0) is 38.0 Å². The van der Waals surface area contributed by atoms with Gasteiger partial charge in [0.2, 0.25) is 6.79 Å². The minimum Gasteiger partial charge on any atom is -0.490 e. The quantitative estimate of drug-likeness (QED) is 0.272. The van der Waals surface area contributed by atoms with Crippen LogP contribution in [0.5, 0.6) is 11.5 Å². The zero-order chi connectivity index (χ0) is 29.9. The molecule has 1 aliphatic heterocycles. The molecule has 1 aliphatic carbocycles. The standard InChI is InChI=1S/C31H48N2O8/c1-7-38-25-14-15-32-27(28(25)39-18-40-30(35)20(4)5)29(34)33-24-17-37-16-23(13-12-19(2)3)26(21(6)41-31(24)36)22-10-8-9-11-22/h14-15,19-24,26H,7-13,16-18H2,1-6H3,(H,33,34)/t21-,23-,24-,26+/m0/s1. The second-order valence-electron chi connectivity index (χ2n) is 11.9. The third-order valence-corrected chi connectivity index (χ3v) is 7.91. The average Bonchev–Trinajstić information content (AvgIpc) is 3.46. The van der Waals surface area contributed by atoms with Gasteiger partial charge in [-0.1, -0.05) is 59.8 Å². The summed E-state index contributed by atoms with van der Waals surface area (Å²) in [6.07, 6.45) is 7.89. The minimum absolute atomic E-state index is 0.0137. The number of pyridine rings is 1. The van der Waals surface area contributed by atoms with Gasteiger partial charge in [-0.3, -0.25) is 9.59 Å². The Morgan fingerprint density at radius 2 is 1.85 bits per heavy atom. The highest BCUT2D eigenvalue weighted by atomic mass is 16.7.